The number of aliphatic hydroxyl groups is 3. The average molecular weight is 458 g/mol. The molecule has 0 aromatic heterocycles. The minimum atomic E-state index is -0.619. The van der Waals surface area contributed by atoms with Crippen LogP contribution in [0.25, 0.3) is 0 Å². The Labute approximate surface area is 201 Å². The number of allylic oxidation sites excluding steroid dienone is 3. The van der Waals surface area contributed by atoms with Crippen molar-refractivity contribution in [2.24, 2.45) is 23.2 Å². The van der Waals surface area contributed by atoms with Gasteiger partial charge >= 0.3 is 0 Å². The lowest BCUT2D eigenvalue weighted by Gasteiger charge is -2.46. The van der Waals surface area contributed by atoms with Crippen LogP contribution in [0.4, 0.5) is 0 Å². The molecular weight excluding hydrogens is 410 g/mol. The second kappa shape index (κ2) is 9.97. The van der Waals surface area contributed by atoms with E-state index >= 15 is 0 Å². The predicted molar refractivity (Wildman–Crippen MR) is 135 cm³/mol. The molecule has 33 heavy (non-hydrogen) atoms. The van der Waals surface area contributed by atoms with Crippen LogP contribution in [-0.2, 0) is 0 Å². The zero-order chi connectivity index (χ0) is 23.8. The summed E-state index contributed by atoms with van der Waals surface area (Å²) in [5.41, 5.74) is 3.15. The standard InChI is InChI=1S/C29H47NO3/c1-5-29(33)14-7-15-30(19-29)18-20(2)24-11-12-25-23(8-6-13-28(24,25)4)10-9-22-16-26(31)21(3)27(32)17-22/h9-10,20,24-27,31-33H,3,5-8,11-19H2,1-2,4H3/b23-10+/t20?,24-,25+,26-,27-,28-,29?/m1/s1. The van der Waals surface area contributed by atoms with E-state index in [1.807, 2.05) is 0 Å². The maximum absolute atomic E-state index is 10.8. The fourth-order valence-corrected chi connectivity index (χ4v) is 7.82. The Morgan fingerprint density at radius 1 is 1.12 bits per heavy atom. The van der Waals surface area contributed by atoms with Crippen LogP contribution in [-0.4, -0.2) is 57.7 Å². The average Bonchev–Trinajstić information content (AvgIpc) is 3.13. The molecule has 4 heteroatoms. The van der Waals surface area contributed by atoms with Gasteiger partial charge in [-0.05, 0) is 99.5 Å². The highest BCUT2D eigenvalue weighted by molar-refractivity contribution is 5.29. The summed E-state index contributed by atoms with van der Waals surface area (Å²) in [6.45, 7) is 14.0. The molecule has 4 aliphatic rings. The Balaban J connectivity index is 1.43. The molecule has 4 nitrogen and oxygen atoms in total. The number of piperidine rings is 1. The van der Waals surface area contributed by atoms with E-state index in [9.17, 15) is 15.3 Å². The van der Waals surface area contributed by atoms with Gasteiger partial charge in [0.1, 0.15) is 0 Å². The third kappa shape index (κ3) is 5.19. The van der Waals surface area contributed by atoms with Gasteiger partial charge in [-0.1, -0.05) is 50.6 Å². The van der Waals surface area contributed by atoms with Crippen LogP contribution < -0.4 is 0 Å². The molecule has 0 spiro atoms. The molecule has 7 atom stereocenters. The Kier molecular flexibility index (Phi) is 7.60. The molecule has 0 amide bonds. The molecule has 3 N–H and O–H groups in total. The lowest BCUT2D eigenvalue weighted by atomic mass is 9.61. The first-order chi connectivity index (χ1) is 15.6. The maximum Gasteiger partial charge on any atom is 0.0809 e. The Morgan fingerprint density at radius 3 is 2.55 bits per heavy atom. The van der Waals surface area contributed by atoms with E-state index in [-0.39, 0.29) is 0 Å². The fourth-order valence-electron chi connectivity index (χ4n) is 7.82. The Hall–Kier alpha value is -0.940. The summed E-state index contributed by atoms with van der Waals surface area (Å²) < 4.78 is 0. The normalized spacial score (nSPS) is 42.4. The van der Waals surface area contributed by atoms with Gasteiger partial charge in [-0.15, -0.1) is 0 Å². The summed E-state index contributed by atoms with van der Waals surface area (Å²) in [4.78, 5) is 2.53. The minimum absolute atomic E-state index is 0.360. The van der Waals surface area contributed by atoms with Crippen LogP contribution in [0.3, 0.4) is 0 Å². The van der Waals surface area contributed by atoms with Crippen molar-refractivity contribution in [1.29, 1.82) is 0 Å². The summed E-state index contributed by atoms with van der Waals surface area (Å²) in [6.07, 6.45) is 13.7. The van der Waals surface area contributed by atoms with E-state index in [0.717, 1.165) is 50.4 Å². The molecule has 3 aliphatic carbocycles. The van der Waals surface area contributed by atoms with E-state index in [0.29, 0.717) is 35.7 Å². The number of aliphatic hydroxyl groups excluding tert-OH is 2. The quantitative estimate of drug-likeness (QED) is 0.508. The lowest BCUT2D eigenvalue weighted by Crippen LogP contribution is -2.50. The molecule has 0 aromatic rings. The summed E-state index contributed by atoms with van der Waals surface area (Å²) in [5, 5.41) is 31.2. The van der Waals surface area contributed by atoms with Gasteiger partial charge in [-0.25, -0.2) is 0 Å². The molecule has 1 heterocycles. The van der Waals surface area contributed by atoms with Crippen molar-refractivity contribution in [2.75, 3.05) is 19.6 Å². The van der Waals surface area contributed by atoms with Crippen LogP contribution in [0.5, 0.6) is 0 Å². The van der Waals surface area contributed by atoms with Crippen LogP contribution in [0.1, 0.15) is 85.0 Å². The smallest absolute Gasteiger partial charge is 0.0809 e. The number of hydrogen-bond acceptors (Lipinski definition) is 4. The molecule has 4 rings (SSSR count). The molecule has 0 bridgehead atoms. The number of hydrogen-bond donors (Lipinski definition) is 3. The monoisotopic (exact) mass is 457 g/mol. The fraction of sp³-hybridized carbons (Fsp3) is 0.793. The van der Waals surface area contributed by atoms with Crippen molar-refractivity contribution in [3.05, 3.63) is 35.5 Å². The van der Waals surface area contributed by atoms with Gasteiger partial charge in [-0.3, -0.25) is 0 Å². The van der Waals surface area contributed by atoms with Gasteiger partial charge in [0.2, 0.25) is 0 Å². The number of likely N-dealkylation sites (tertiary alicyclic amines) is 1. The third-order valence-electron chi connectivity index (χ3n) is 9.86. The van der Waals surface area contributed by atoms with E-state index in [4.69, 9.17) is 0 Å². The molecule has 1 aliphatic heterocycles. The van der Waals surface area contributed by atoms with Crippen molar-refractivity contribution in [1.82, 2.24) is 4.90 Å². The van der Waals surface area contributed by atoms with E-state index < -0.39 is 17.8 Å². The van der Waals surface area contributed by atoms with Crippen molar-refractivity contribution in [3.63, 3.8) is 0 Å². The van der Waals surface area contributed by atoms with Gasteiger partial charge in [-0.2, -0.15) is 0 Å². The number of nitrogens with zero attached hydrogens (tertiary/aromatic N) is 1. The van der Waals surface area contributed by atoms with E-state index in [2.05, 4.69) is 44.4 Å². The van der Waals surface area contributed by atoms with Crippen LogP contribution >= 0.6 is 0 Å². The minimum Gasteiger partial charge on any atom is -0.389 e. The van der Waals surface area contributed by atoms with Crippen molar-refractivity contribution >= 4 is 0 Å². The largest absolute Gasteiger partial charge is 0.389 e. The number of rotatable bonds is 5. The van der Waals surface area contributed by atoms with Crippen LogP contribution in [0, 0.1) is 23.2 Å². The van der Waals surface area contributed by atoms with Crippen molar-refractivity contribution in [2.45, 2.75) is 103 Å². The van der Waals surface area contributed by atoms with Crippen molar-refractivity contribution in [3.8, 4) is 0 Å². The predicted octanol–water partition coefficient (Wildman–Crippen LogP) is 5.00. The number of β-amino-alcohol motifs (C(OH)–C–C–N with tert-alkyl or cyclic N) is 1. The van der Waals surface area contributed by atoms with Gasteiger partial charge < -0.3 is 20.2 Å². The second-order valence-electron chi connectivity index (χ2n) is 12.1. The van der Waals surface area contributed by atoms with Gasteiger partial charge in [0.25, 0.3) is 0 Å². The molecule has 4 fully saturated rings. The lowest BCUT2D eigenvalue weighted by molar-refractivity contribution is -0.0420. The third-order valence-corrected chi connectivity index (χ3v) is 9.86. The number of fused-ring (bicyclic) bond motifs is 1. The molecule has 2 unspecified atom stereocenters. The molecule has 0 radical (unpaired) electrons. The van der Waals surface area contributed by atoms with E-state index in [1.54, 1.807) is 5.57 Å². The van der Waals surface area contributed by atoms with Crippen molar-refractivity contribution < 1.29 is 15.3 Å². The Bertz CT molecular complexity index is 772. The first-order valence-corrected chi connectivity index (χ1v) is 13.5. The van der Waals surface area contributed by atoms with Gasteiger partial charge in [0.05, 0.1) is 17.8 Å². The van der Waals surface area contributed by atoms with Crippen LogP contribution in [0.2, 0.25) is 0 Å². The summed E-state index contributed by atoms with van der Waals surface area (Å²) in [6, 6.07) is 0. The zero-order valence-electron chi connectivity index (χ0n) is 21.2. The second-order valence-corrected chi connectivity index (χ2v) is 12.1. The van der Waals surface area contributed by atoms with Gasteiger partial charge in [0, 0.05) is 13.1 Å². The van der Waals surface area contributed by atoms with Crippen LogP contribution in [0.15, 0.2) is 35.5 Å². The summed E-state index contributed by atoms with van der Waals surface area (Å²) in [5.74, 6) is 2.03. The highest BCUT2D eigenvalue weighted by Crippen LogP contribution is 2.59. The van der Waals surface area contributed by atoms with E-state index in [1.165, 1.54) is 32.1 Å². The van der Waals surface area contributed by atoms with Gasteiger partial charge in [0.15, 0.2) is 0 Å². The Morgan fingerprint density at radius 2 is 1.85 bits per heavy atom. The first-order valence-electron chi connectivity index (χ1n) is 13.5. The SMILES string of the molecule is C=C1[C@H](O)CC(=C/C=C2\CCC[C@]3(C)[C@@H](C(C)CN4CCCC(O)(CC)C4)CC[C@@H]23)C[C@H]1O. The maximum atomic E-state index is 10.8. The summed E-state index contributed by atoms with van der Waals surface area (Å²) in [7, 11) is 0. The molecule has 1 saturated heterocycles. The molecule has 186 valence electrons. The topological polar surface area (TPSA) is 63.9 Å². The first kappa shape index (κ1) is 25.2. The zero-order valence-corrected chi connectivity index (χ0v) is 21.2. The highest BCUT2D eigenvalue weighted by atomic mass is 16.3. The molecular formula is C29H47NO3. The highest BCUT2D eigenvalue weighted by Gasteiger charge is 2.51. The molecule has 0 aromatic carbocycles. The summed E-state index contributed by atoms with van der Waals surface area (Å²) >= 11 is 0. The molecule has 3 saturated carbocycles.